The van der Waals surface area contributed by atoms with Gasteiger partial charge in [0.2, 0.25) is 10.0 Å². The van der Waals surface area contributed by atoms with Gasteiger partial charge in [-0.2, -0.15) is 4.31 Å². The Hall–Kier alpha value is -2.45. The zero-order valence-corrected chi connectivity index (χ0v) is 15.8. The number of sulfonamides is 1. The molecule has 0 atom stereocenters. The lowest BCUT2D eigenvalue weighted by molar-refractivity contribution is 0.0946. The fourth-order valence-corrected chi connectivity index (χ4v) is 4.41. The SMILES string of the molecule is O=C(NCCOc1ccc(S(=O)(=O)N2CCCCC2)cc1)c1cccnc1. The highest BCUT2D eigenvalue weighted by molar-refractivity contribution is 7.89. The summed E-state index contributed by atoms with van der Waals surface area (Å²) < 4.78 is 32.3. The molecule has 0 bridgehead atoms. The molecule has 2 heterocycles. The van der Waals surface area contributed by atoms with E-state index in [-0.39, 0.29) is 17.4 Å². The van der Waals surface area contributed by atoms with Gasteiger partial charge in [0, 0.05) is 25.5 Å². The van der Waals surface area contributed by atoms with Gasteiger partial charge < -0.3 is 10.1 Å². The van der Waals surface area contributed by atoms with Crippen molar-refractivity contribution in [1.82, 2.24) is 14.6 Å². The lowest BCUT2D eigenvalue weighted by Gasteiger charge is -2.25. The standard InChI is InChI=1S/C19H23N3O4S/c23-19(16-5-4-10-20-15-16)21-11-14-26-17-6-8-18(9-7-17)27(24,25)22-12-2-1-3-13-22/h4-10,15H,1-3,11-14H2,(H,21,23). The van der Waals surface area contributed by atoms with Crippen LogP contribution in [-0.2, 0) is 10.0 Å². The van der Waals surface area contributed by atoms with Gasteiger partial charge in [-0.25, -0.2) is 8.42 Å². The number of benzene rings is 1. The summed E-state index contributed by atoms with van der Waals surface area (Å²) in [4.78, 5) is 16.1. The number of hydrogen-bond donors (Lipinski definition) is 1. The van der Waals surface area contributed by atoms with E-state index >= 15 is 0 Å². The number of hydrogen-bond acceptors (Lipinski definition) is 5. The predicted molar refractivity (Wildman–Crippen MR) is 101 cm³/mol. The Balaban J connectivity index is 1.48. The fraction of sp³-hybridized carbons (Fsp3) is 0.368. The smallest absolute Gasteiger partial charge is 0.252 e. The molecule has 2 aromatic rings. The van der Waals surface area contributed by atoms with E-state index in [2.05, 4.69) is 10.3 Å². The van der Waals surface area contributed by atoms with Crippen molar-refractivity contribution in [3.63, 3.8) is 0 Å². The average Bonchev–Trinajstić information content (AvgIpc) is 2.72. The number of piperidine rings is 1. The van der Waals surface area contributed by atoms with Crippen molar-refractivity contribution in [2.24, 2.45) is 0 Å². The molecule has 0 aliphatic carbocycles. The Labute approximate surface area is 159 Å². The molecule has 7 nitrogen and oxygen atoms in total. The number of aromatic nitrogens is 1. The number of pyridine rings is 1. The van der Waals surface area contributed by atoms with Gasteiger partial charge in [-0.15, -0.1) is 0 Å². The van der Waals surface area contributed by atoms with Gasteiger partial charge in [0.25, 0.3) is 5.91 Å². The number of amides is 1. The Bertz CT molecular complexity index is 848. The Kier molecular flexibility index (Phi) is 6.41. The van der Waals surface area contributed by atoms with Crippen LogP contribution in [-0.4, -0.2) is 49.9 Å². The van der Waals surface area contributed by atoms with E-state index in [1.165, 1.54) is 6.20 Å². The van der Waals surface area contributed by atoms with Crippen LogP contribution in [0.25, 0.3) is 0 Å². The molecule has 0 saturated carbocycles. The predicted octanol–water partition coefficient (Wildman–Crippen LogP) is 2.06. The quantitative estimate of drug-likeness (QED) is 0.733. The summed E-state index contributed by atoms with van der Waals surface area (Å²) in [6.07, 6.45) is 6.00. The summed E-state index contributed by atoms with van der Waals surface area (Å²) in [7, 11) is -3.43. The molecular weight excluding hydrogens is 366 g/mol. The largest absolute Gasteiger partial charge is 0.492 e. The summed E-state index contributed by atoms with van der Waals surface area (Å²) >= 11 is 0. The number of ether oxygens (including phenoxy) is 1. The van der Waals surface area contributed by atoms with Crippen LogP contribution in [0.5, 0.6) is 5.75 Å². The second kappa shape index (κ2) is 8.96. The third kappa shape index (κ3) is 5.05. The van der Waals surface area contributed by atoms with Crippen LogP contribution in [0.3, 0.4) is 0 Å². The number of carbonyl (C=O) groups excluding carboxylic acids is 1. The van der Waals surface area contributed by atoms with Crippen LogP contribution in [0.4, 0.5) is 0 Å². The highest BCUT2D eigenvalue weighted by atomic mass is 32.2. The van der Waals surface area contributed by atoms with E-state index < -0.39 is 10.0 Å². The molecule has 0 radical (unpaired) electrons. The highest BCUT2D eigenvalue weighted by Crippen LogP contribution is 2.22. The molecule has 0 unspecified atom stereocenters. The highest BCUT2D eigenvalue weighted by Gasteiger charge is 2.25. The molecule has 3 rings (SSSR count). The van der Waals surface area contributed by atoms with Gasteiger partial charge in [0.15, 0.2) is 0 Å². The number of nitrogens with one attached hydrogen (secondary N) is 1. The number of rotatable bonds is 7. The topological polar surface area (TPSA) is 88.6 Å². The van der Waals surface area contributed by atoms with Gasteiger partial charge in [-0.1, -0.05) is 6.42 Å². The van der Waals surface area contributed by atoms with E-state index in [0.29, 0.717) is 30.9 Å². The summed E-state index contributed by atoms with van der Waals surface area (Å²) in [6, 6.07) is 9.79. The lowest BCUT2D eigenvalue weighted by atomic mass is 10.2. The third-order valence-corrected chi connectivity index (χ3v) is 6.27. The molecule has 1 aliphatic rings. The second-order valence-corrected chi connectivity index (χ2v) is 8.22. The first-order valence-corrected chi connectivity index (χ1v) is 10.4. The molecule has 1 aliphatic heterocycles. The van der Waals surface area contributed by atoms with Crippen LogP contribution in [0.1, 0.15) is 29.6 Å². The molecule has 27 heavy (non-hydrogen) atoms. The first kappa shape index (κ1) is 19.3. The van der Waals surface area contributed by atoms with Crippen LogP contribution < -0.4 is 10.1 Å². The minimum absolute atomic E-state index is 0.213. The zero-order valence-electron chi connectivity index (χ0n) is 15.0. The van der Waals surface area contributed by atoms with Gasteiger partial charge in [-0.05, 0) is 49.2 Å². The average molecular weight is 389 g/mol. The fourth-order valence-electron chi connectivity index (χ4n) is 2.89. The van der Waals surface area contributed by atoms with E-state index in [4.69, 9.17) is 4.74 Å². The zero-order chi connectivity index (χ0) is 19.1. The molecule has 1 amide bonds. The normalized spacial score (nSPS) is 15.3. The van der Waals surface area contributed by atoms with Gasteiger partial charge in [0.1, 0.15) is 12.4 Å². The molecule has 144 valence electrons. The van der Waals surface area contributed by atoms with Gasteiger partial charge >= 0.3 is 0 Å². The van der Waals surface area contributed by atoms with Crippen LogP contribution in [0.2, 0.25) is 0 Å². The maximum Gasteiger partial charge on any atom is 0.252 e. The maximum atomic E-state index is 12.6. The molecule has 1 aromatic heterocycles. The number of carbonyl (C=O) groups is 1. The van der Waals surface area contributed by atoms with Crippen molar-refractivity contribution >= 4 is 15.9 Å². The minimum Gasteiger partial charge on any atom is -0.492 e. The third-order valence-electron chi connectivity index (χ3n) is 4.36. The van der Waals surface area contributed by atoms with Crippen molar-refractivity contribution in [2.45, 2.75) is 24.2 Å². The molecule has 8 heteroatoms. The lowest BCUT2D eigenvalue weighted by Crippen LogP contribution is -2.35. The Morgan fingerprint density at radius 1 is 1.11 bits per heavy atom. The van der Waals surface area contributed by atoms with Crippen LogP contribution in [0, 0.1) is 0 Å². The maximum absolute atomic E-state index is 12.6. The summed E-state index contributed by atoms with van der Waals surface area (Å²) in [5, 5.41) is 2.74. The Morgan fingerprint density at radius 3 is 2.52 bits per heavy atom. The molecule has 1 N–H and O–H groups in total. The van der Waals surface area contributed by atoms with E-state index in [1.54, 1.807) is 46.9 Å². The minimum atomic E-state index is -3.43. The van der Waals surface area contributed by atoms with Crippen molar-refractivity contribution in [1.29, 1.82) is 0 Å². The monoisotopic (exact) mass is 389 g/mol. The number of nitrogens with zero attached hydrogens (tertiary/aromatic N) is 2. The van der Waals surface area contributed by atoms with Crippen molar-refractivity contribution in [3.05, 3.63) is 54.4 Å². The molecular formula is C19H23N3O4S. The summed E-state index contributed by atoms with van der Waals surface area (Å²) in [5.74, 6) is 0.345. The molecule has 0 spiro atoms. The second-order valence-electron chi connectivity index (χ2n) is 6.28. The van der Waals surface area contributed by atoms with Crippen molar-refractivity contribution < 1.29 is 17.9 Å². The first-order valence-electron chi connectivity index (χ1n) is 8.98. The van der Waals surface area contributed by atoms with E-state index in [9.17, 15) is 13.2 Å². The van der Waals surface area contributed by atoms with Crippen LogP contribution >= 0.6 is 0 Å². The molecule has 1 saturated heterocycles. The summed E-state index contributed by atoms with van der Waals surface area (Å²) in [6.45, 7) is 1.78. The van der Waals surface area contributed by atoms with Crippen LogP contribution in [0.15, 0.2) is 53.7 Å². The van der Waals surface area contributed by atoms with Gasteiger partial charge in [0.05, 0.1) is 17.0 Å². The molecule has 1 aromatic carbocycles. The van der Waals surface area contributed by atoms with E-state index in [0.717, 1.165) is 19.3 Å². The van der Waals surface area contributed by atoms with Crippen molar-refractivity contribution in [2.75, 3.05) is 26.2 Å². The van der Waals surface area contributed by atoms with Crippen molar-refractivity contribution in [3.8, 4) is 5.75 Å². The first-order chi connectivity index (χ1) is 13.1. The van der Waals surface area contributed by atoms with E-state index in [1.807, 2.05) is 0 Å². The summed E-state index contributed by atoms with van der Waals surface area (Å²) in [5.41, 5.74) is 0.491. The Morgan fingerprint density at radius 2 is 1.85 bits per heavy atom. The molecule has 1 fully saturated rings. The van der Waals surface area contributed by atoms with Gasteiger partial charge in [-0.3, -0.25) is 9.78 Å².